The first-order valence-electron chi connectivity index (χ1n) is 8.66. The summed E-state index contributed by atoms with van der Waals surface area (Å²) in [5.41, 5.74) is 4.00. The molecular weight excluding hydrogens is 268 g/mol. The smallest absolute Gasteiger partial charge is 0.126 e. The van der Waals surface area contributed by atoms with Crippen molar-refractivity contribution in [1.82, 2.24) is 0 Å². The highest BCUT2D eigenvalue weighted by Crippen LogP contribution is 2.36. The number of benzene rings is 1. The lowest BCUT2D eigenvalue weighted by Crippen LogP contribution is -2.31. The van der Waals surface area contributed by atoms with Gasteiger partial charge in [0.25, 0.3) is 0 Å². The zero-order valence-electron chi connectivity index (χ0n) is 15.7. The zero-order chi connectivity index (χ0) is 17.0. The quantitative estimate of drug-likeness (QED) is 0.507. The Balaban J connectivity index is 3.36. The van der Waals surface area contributed by atoms with Crippen molar-refractivity contribution in [3.05, 3.63) is 41.5 Å². The first-order valence-corrected chi connectivity index (χ1v) is 8.66. The maximum atomic E-state index is 6.47. The molecule has 22 heavy (non-hydrogen) atoms. The normalized spacial score (nSPS) is 12.3. The van der Waals surface area contributed by atoms with Gasteiger partial charge in [0.05, 0.1) is 0 Å². The van der Waals surface area contributed by atoms with E-state index < -0.39 is 0 Å². The average molecular weight is 303 g/mol. The Morgan fingerprint density at radius 3 is 2.09 bits per heavy atom. The molecule has 0 spiro atoms. The van der Waals surface area contributed by atoms with E-state index in [1.165, 1.54) is 16.7 Å². The SMILES string of the molecule is C=CCc1cc(C(C)(C)CC)cc(C)c1OC(C)(CC)CC. The van der Waals surface area contributed by atoms with E-state index in [1.807, 2.05) is 6.08 Å². The predicted molar refractivity (Wildman–Crippen MR) is 98.0 cm³/mol. The van der Waals surface area contributed by atoms with Gasteiger partial charge in [0, 0.05) is 0 Å². The molecule has 0 saturated heterocycles. The fourth-order valence-electron chi connectivity index (χ4n) is 2.54. The predicted octanol–water partition coefficient (Wildman–Crippen LogP) is 6.37. The molecule has 1 aromatic rings. The van der Waals surface area contributed by atoms with E-state index in [0.29, 0.717) is 0 Å². The minimum absolute atomic E-state index is 0.0948. The van der Waals surface area contributed by atoms with Crippen LogP contribution in [-0.4, -0.2) is 5.60 Å². The molecule has 1 rings (SSSR count). The third kappa shape index (κ3) is 4.15. The van der Waals surface area contributed by atoms with E-state index in [-0.39, 0.29) is 11.0 Å². The molecule has 0 aliphatic heterocycles. The van der Waals surface area contributed by atoms with Crippen molar-refractivity contribution in [2.45, 2.75) is 85.2 Å². The maximum Gasteiger partial charge on any atom is 0.126 e. The molecular formula is C21H34O. The second kappa shape index (κ2) is 7.35. The number of allylic oxidation sites excluding steroid dienone is 1. The summed E-state index contributed by atoms with van der Waals surface area (Å²) >= 11 is 0. The maximum absolute atomic E-state index is 6.47. The van der Waals surface area contributed by atoms with Crippen LogP contribution in [0.4, 0.5) is 0 Å². The summed E-state index contributed by atoms with van der Waals surface area (Å²) in [4.78, 5) is 0. The van der Waals surface area contributed by atoms with Crippen LogP contribution >= 0.6 is 0 Å². The number of ether oxygens (including phenoxy) is 1. The number of aryl methyl sites for hydroxylation is 1. The average Bonchev–Trinajstić information content (AvgIpc) is 2.50. The van der Waals surface area contributed by atoms with Gasteiger partial charge in [0.1, 0.15) is 11.4 Å². The van der Waals surface area contributed by atoms with Gasteiger partial charge in [0.15, 0.2) is 0 Å². The molecule has 0 unspecified atom stereocenters. The van der Waals surface area contributed by atoms with Crippen LogP contribution in [0, 0.1) is 6.92 Å². The lowest BCUT2D eigenvalue weighted by atomic mass is 9.80. The van der Waals surface area contributed by atoms with Crippen molar-refractivity contribution in [3.8, 4) is 5.75 Å². The van der Waals surface area contributed by atoms with Gasteiger partial charge >= 0.3 is 0 Å². The Morgan fingerprint density at radius 2 is 1.64 bits per heavy atom. The third-order valence-electron chi connectivity index (χ3n) is 5.23. The lowest BCUT2D eigenvalue weighted by molar-refractivity contribution is 0.0783. The summed E-state index contributed by atoms with van der Waals surface area (Å²) in [7, 11) is 0. The summed E-state index contributed by atoms with van der Waals surface area (Å²) in [6, 6.07) is 4.62. The second-order valence-corrected chi connectivity index (χ2v) is 7.27. The van der Waals surface area contributed by atoms with Crippen molar-refractivity contribution in [1.29, 1.82) is 0 Å². The van der Waals surface area contributed by atoms with Gasteiger partial charge in [-0.25, -0.2) is 0 Å². The van der Waals surface area contributed by atoms with E-state index in [0.717, 1.165) is 31.4 Å². The Bertz CT molecular complexity index is 507. The van der Waals surface area contributed by atoms with Crippen LogP contribution in [0.5, 0.6) is 5.75 Å². The Hall–Kier alpha value is -1.24. The first kappa shape index (κ1) is 18.8. The van der Waals surface area contributed by atoms with Crippen molar-refractivity contribution >= 4 is 0 Å². The topological polar surface area (TPSA) is 9.23 Å². The van der Waals surface area contributed by atoms with E-state index in [9.17, 15) is 0 Å². The Morgan fingerprint density at radius 1 is 1.05 bits per heavy atom. The van der Waals surface area contributed by atoms with E-state index >= 15 is 0 Å². The lowest BCUT2D eigenvalue weighted by Gasteiger charge is -2.32. The van der Waals surface area contributed by atoms with Crippen molar-refractivity contribution in [2.75, 3.05) is 0 Å². The van der Waals surface area contributed by atoms with E-state index in [4.69, 9.17) is 4.74 Å². The largest absolute Gasteiger partial charge is 0.487 e. The summed E-state index contributed by atoms with van der Waals surface area (Å²) in [6.45, 7) is 19.5. The van der Waals surface area contributed by atoms with Gasteiger partial charge in [-0.05, 0) is 61.6 Å². The molecule has 0 N–H and O–H groups in total. The van der Waals surface area contributed by atoms with Gasteiger partial charge in [-0.1, -0.05) is 52.8 Å². The van der Waals surface area contributed by atoms with Crippen LogP contribution in [0.25, 0.3) is 0 Å². The highest BCUT2D eigenvalue weighted by Gasteiger charge is 2.26. The van der Waals surface area contributed by atoms with Crippen molar-refractivity contribution < 1.29 is 4.74 Å². The highest BCUT2D eigenvalue weighted by molar-refractivity contribution is 5.47. The molecule has 0 fully saturated rings. The minimum Gasteiger partial charge on any atom is -0.487 e. The molecule has 124 valence electrons. The van der Waals surface area contributed by atoms with E-state index in [1.54, 1.807) is 0 Å². The van der Waals surface area contributed by atoms with Gasteiger partial charge in [-0.2, -0.15) is 0 Å². The van der Waals surface area contributed by atoms with Gasteiger partial charge in [0.2, 0.25) is 0 Å². The summed E-state index contributed by atoms with van der Waals surface area (Å²) in [5, 5.41) is 0. The third-order valence-corrected chi connectivity index (χ3v) is 5.23. The Labute approximate surface area is 137 Å². The Kier molecular flexibility index (Phi) is 6.28. The van der Waals surface area contributed by atoms with Gasteiger partial charge in [-0.15, -0.1) is 6.58 Å². The molecule has 0 heterocycles. The standard InChI is InChI=1S/C21H34O/c1-9-13-17-15-18(20(6,7)10-2)14-16(5)19(17)22-21(8,11-3)12-4/h9,14-15H,1,10-13H2,2-8H3. The minimum atomic E-state index is -0.0948. The van der Waals surface area contributed by atoms with Crippen molar-refractivity contribution in [2.24, 2.45) is 0 Å². The number of hydrogen-bond donors (Lipinski definition) is 0. The monoisotopic (exact) mass is 302 g/mol. The molecule has 1 nitrogen and oxygen atoms in total. The van der Waals surface area contributed by atoms with Crippen LogP contribution in [0.3, 0.4) is 0 Å². The number of rotatable bonds is 8. The van der Waals surface area contributed by atoms with Gasteiger partial charge in [-0.3, -0.25) is 0 Å². The summed E-state index contributed by atoms with van der Waals surface area (Å²) in [6.07, 6.45) is 5.98. The molecule has 0 aliphatic rings. The van der Waals surface area contributed by atoms with Crippen LogP contribution in [0.1, 0.15) is 77.5 Å². The fourth-order valence-corrected chi connectivity index (χ4v) is 2.54. The molecule has 1 heteroatoms. The molecule has 1 aromatic carbocycles. The molecule has 0 saturated carbocycles. The van der Waals surface area contributed by atoms with Crippen molar-refractivity contribution in [3.63, 3.8) is 0 Å². The van der Waals surface area contributed by atoms with Gasteiger partial charge < -0.3 is 4.74 Å². The molecule has 0 aliphatic carbocycles. The highest BCUT2D eigenvalue weighted by atomic mass is 16.5. The molecule has 0 amide bonds. The molecule has 0 bridgehead atoms. The van der Waals surface area contributed by atoms with Crippen LogP contribution < -0.4 is 4.74 Å². The number of hydrogen-bond acceptors (Lipinski definition) is 1. The summed E-state index contributed by atoms with van der Waals surface area (Å²) in [5.74, 6) is 1.06. The van der Waals surface area contributed by atoms with Crippen LogP contribution in [0.15, 0.2) is 24.8 Å². The molecule has 0 radical (unpaired) electrons. The fraction of sp³-hybridized carbons (Fsp3) is 0.619. The summed E-state index contributed by atoms with van der Waals surface area (Å²) < 4.78 is 6.47. The molecule has 0 aromatic heterocycles. The molecule has 0 atom stereocenters. The van der Waals surface area contributed by atoms with Crippen LogP contribution in [0.2, 0.25) is 0 Å². The first-order chi connectivity index (χ1) is 10.2. The van der Waals surface area contributed by atoms with E-state index in [2.05, 4.69) is 67.2 Å². The van der Waals surface area contributed by atoms with Crippen LogP contribution in [-0.2, 0) is 11.8 Å². The second-order valence-electron chi connectivity index (χ2n) is 7.27. The zero-order valence-corrected chi connectivity index (χ0v) is 15.7.